The van der Waals surface area contributed by atoms with Crippen LogP contribution in [-0.2, 0) is 14.8 Å². The maximum atomic E-state index is 12.0. The summed E-state index contributed by atoms with van der Waals surface area (Å²) in [5.74, 6) is 0.125. The van der Waals surface area contributed by atoms with Gasteiger partial charge in [-0.3, -0.25) is 4.79 Å². The van der Waals surface area contributed by atoms with Gasteiger partial charge < -0.3 is 10.1 Å². The molecule has 2 aromatic rings. The molecule has 0 aliphatic heterocycles. The minimum atomic E-state index is -3.48. The van der Waals surface area contributed by atoms with Crippen LogP contribution >= 0.6 is 11.6 Å². The number of carbonyl (C=O) groups is 1. The Morgan fingerprint density at radius 2 is 1.84 bits per heavy atom. The lowest BCUT2D eigenvalue weighted by Gasteiger charge is -2.09. The molecule has 2 N–H and O–H groups in total. The first-order valence-corrected chi connectivity index (χ1v) is 9.08. The first kappa shape index (κ1) is 19.0. The summed E-state index contributed by atoms with van der Waals surface area (Å²) >= 11 is 5.91. The van der Waals surface area contributed by atoms with Gasteiger partial charge in [0.15, 0.2) is 0 Å². The van der Waals surface area contributed by atoms with E-state index >= 15 is 0 Å². The van der Waals surface area contributed by atoms with Crippen LogP contribution in [0.5, 0.6) is 5.75 Å². The molecule has 8 heteroatoms. The molecule has 0 bridgehead atoms. The van der Waals surface area contributed by atoms with Crippen molar-refractivity contribution < 1.29 is 17.9 Å². The molecule has 2 rings (SSSR count). The molecule has 25 heavy (non-hydrogen) atoms. The highest BCUT2D eigenvalue weighted by molar-refractivity contribution is 7.89. The van der Waals surface area contributed by atoms with E-state index < -0.39 is 10.0 Å². The second-order valence-electron chi connectivity index (χ2n) is 4.94. The highest BCUT2D eigenvalue weighted by atomic mass is 35.5. The first-order chi connectivity index (χ1) is 11.9. The fourth-order valence-electron chi connectivity index (χ4n) is 2.00. The Morgan fingerprint density at radius 3 is 2.44 bits per heavy atom. The molecule has 0 aromatic heterocycles. The number of hydrogen-bond donors (Lipinski definition) is 2. The molecule has 0 unspecified atom stereocenters. The van der Waals surface area contributed by atoms with Crippen LogP contribution in [0, 0.1) is 0 Å². The molecule has 0 atom stereocenters. The minimum absolute atomic E-state index is 0.153. The van der Waals surface area contributed by atoms with Gasteiger partial charge in [-0.15, -0.1) is 0 Å². The molecule has 1 amide bonds. The molecule has 0 fully saturated rings. The Kier molecular flexibility index (Phi) is 6.19. The van der Waals surface area contributed by atoms with Gasteiger partial charge in [-0.2, -0.15) is 0 Å². The van der Waals surface area contributed by atoms with Gasteiger partial charge in [-0.25, -0.2) is 13.1 Å². The largest absolute Gasteiger partial charge is 0.495 e. The Balaban J connectivity index is 2.09. The zero-order valence-corrected chi connectivity index (χ0v) is 15.2. The number of halogens is 1. The second-order valence-corrected chi connectivity index (χ2v) is 7.27. The van der Waals surface area contributed by atoms with Gasteiger partial charge in [0, 0.05) is 11.1 Å². The maximum Gasteiger partial charge on any atom is 0.248 e. The number of nitrogens with one attached hydrogen (secondary N) is 2. The molecule has 0 aliphatic rings. The molecular weight excluding hydrogens is 364 g/mol. The average Bonchev–Trinajstić information content (AvgIpc) is 2.60. The van der Waals surface area contributed by atoms with Crippen molar-refractivity contribution in [1.29, 1.82) is 0 Å². The summed E-state index contributed by atoms with van der Waals surface area (Å²) in [5.41, 5.74) is 1.14. The van der Waals surface area contributed by atoms with E-state index in [9.17, 15) is 13.2 Å². The van der Waals surface area contributed by atoms with Gasteiger partial charge in [-0.1, -0.05) is 23.7 Å². The van der Waals surface area contributed by atoms with Crippen molar-refractivity contribution in [3.63, 3.8) is 0 Å². The zero-order valence-electron chi connectivity index (χ0n) is 13.6. The number of rotatable bonds is 6. The van der Waals surface area contributed by atoms with Crippen LogP contribution < -0.4 is 14.8 Å². The lowest BCUT2D eigenvalue weighted by atomic mass is 10.2. The average molecular weight is 381 g/mol. The van der Waals surface area contributed by atoms with Crippen LogP contribution in [0.2, 0.25) is 5.02 Å². The molecule has 132 valence electrons. The van der Waals surface area contributed by atoms with E-state index in [0.29, 0.717) is 22.0 Å². The number of sulfonamides is 1. The van der Waals surface area contributed by atoms with E-state index in [2.05, 4.69) is 10.0 Å². The van der Waals surface area contributed by atoms with Crippen molar-refractivity contribution in [3.05, 3.63) is 59.1 Å². The van der Waals surface area contributed by atoms with Gasteiger partial charge >= 0.3 is 0 Å². The van der Waals surface area contributed by atoms with Crippen molar-refractivity contribution in [1.82, 2.24) is 4.72 Å². The standard InChI is InChI=1S/C17H17ClN2O4S/c1-19-25(22,23)14-7-3-12(4-8-14)5-10-17(21)20-15-11-13(18)6-9-16(15)24-2/h3-11,19H,1-2H3,(H,20,21)/b10-5+. The predicted octanol–water partition coefficient (Wildman–Crippen LogP) is 2.91. The van der Waals surface area contributed by atoms with Crippen molar-refractivity contribution in [3.8, 4) is 5.75 Å². The molecule has 0 radical (unpaired) electrons. The summed E-state index contributed by atoms with van der Waals surface area (Å²) in [5, 5.41) is 3.15. The highest BCUT2D eigenvalue weighted by Crippen LogP contribution is 2.27. The van der Waals surface area contributed by atoms with Crippen LogP contribution in [0.1, 0.15) is 5.56 Å². The van der Waals surface area contributed by atoms with Gasteiger partial charge in [-0.05, 0) is 49.0 Å². The van der Waals surface area contributed by atoms with Crippen molar-refractivity contribution >= 4 is 39.3 Å². The fraction of sp³-hybridized carbons (Fsp3) is 0.118. The molecule has 0 saturated heterocycles. The van der Waals surface area contributed by atoms with Crippen molar-refractivity contribution in [2.75, 3.05) is 19.5 Å². The lowest BCUT2D eigenvalue weighted by molar-refractivity contribution is -0.111. The summed E-state index contributed by atoms with van der Waals surface area (Å²) in [6.45, 7) is 0. The summed E-state index contributed by atoms with van der Waals surface area (Å²) in [6, 6.07) is 11.0. The lowest BCUT2D eigenvalue weighted by Crippen LogP contribution is -2.18. The third-order valence-corrected chi connectivity index (χ3v) is 4.97. The summed E-state index contributed by atoms with van der Waals surface area (Å²) in [7, 11) is -0.638. The number of amides is 1. The second kappa shape index (κ2) is 8.15. The number of carbonyl (C=O) groups excluding carboxylic acids is 1. The van der Waals surface area contributed by atoms with Crippen LogP contribution in [0.25, 0.3) is 6.08 Å². The van der Waals surface area contributed by atoms with E-state index in [1.165, 1.54) is 32.4 Å². The van der Waals surface area contributed by atoms with E-state index in [1.54, 1.807) is 36.4 Å². The first-order valence-electron chi connectivity index (χ1n) is 7.22. The summed E-state index contributed by atoms with van der Waals surface area (Å²) < 4.78 is 30.7. The number of methoxy groups -OCH3 is 1. The quantitative estimate of drug-likeness (QED) is 0.754. The predicted molar refractivity (Wildman–Crippen MR) is 98.4 cm³/mol. The van der Waals surface area contributed by atoms with Gasteiger partial charge in [0.2, 0.25) is 15.9 Å². The van der Waals surface area contributed by atoms with Crippen LogP contribution in [0.4, 0.5) is 5.69 Å². The Bertz CT molecular complexity index is 893. The highest BCUT2D eigenvalue weighted by Gasteiger charge is 2.10. The van der Waals surface area contributed by atoms with Crippen LogP contribution in [0.3, 0.4) is 0 Å². The van der Waals surface area contributed by atoms with Gasteiger partial charge in [0.25, 0.3) is 0 Å². The summed E-state index contributed by atoms with van der Waals surface area (Å²) in [6.07, 6.45) is 2.91. The molecule has 2 aromatic carbocycles. The third-order valence-electron chi connectivity index (χ3n) is 3.31. The van der Waals surface area contributed by atoms with Crippen LogP contribution in [0.15, 0.2) is 53.4 Å². The molecular formula is C17H17ClN2O4S. The van der Waals surface area contributed by atoms with Crippen molar-refractivity contribution in [2.24, 2.45) is 0 Å². The normalized spacial score (nSPS) is 11.5. The third kappa shape index (κ3) is 5.06. The maximum absolute atomic E-state index is 12.0. The molecule has 0 aliphatic carbocycles. The Hall–Kier alpha value is -2.35. The van der Waals surface area contributed by atoms with E-state index in [4.69, 9.17) is 16.3 Å². The monoisotopic (exact) mass is 380 g/mol. The number of benzene rings is 2. The van der Waals surface area contributed by atoms with E-state index in [0.717, 1.165) is 0 Å². The fourth-order valence-corrected chi connectivity index (χ4v) is 2.90. The smallest absolute Gasteiger partial charge is 0.248 e. The number of ether oxygens (including phenoxy) is 1. The SMILES string of the molecule is CNS(=O)(=O)c1ccc(/C=C/C(=O)Nc2cc(Cl)ccc2OC)cc1. The molecule has 0 saturated carbocycles. The van der Waals surface area contributed by atoms with E-state index in [-0.39, 0.29) is 10.8 Å². The van der Waals surface area contributed by atoms with Gasteiger partial charge in [0.1, 0.15) is 5.75 Å². The number of hydrogen-bond acceptors (Lipinski definition) is 4. The molecule has 6 nitrogen and oxygen atoms in total. The van der Waals surface area contributed by atoms with Crippen molar-refractivity contribution in [2.45, 2.75) is 4.90 Å². The van der Waals surface area contributed by atoms with E-state index in [1.807, 2.05) is 0 Å². The summed E-state index contributed by atoms with van der Waals surface area (Å²) in [4.78, 5) is 12.2. The Labute approximate surface area is 151 Å². The Morgan fingerprint density at radius 1 is 1.16 bits per heavy atom. The number of anilines is 1. The minimum Gasteiger partial charge on any atom is -0.495 e. The topological polar surface area (TPSA) is 84.5 Å². The molecule has 0 spiro atoms. The zero-order chi connectivity index (χ0) is 18.4. The molecule has 0 heterocycles. The van der Waals surface area contributed by atoms with Gasteiger partial charge in [0.05, 0.1) is 17.7 Å². The van der Waals surface area contributed by atoms with Crippen LogP contribution in [-0.4, -0.2) is 28.5 Å².